The molecule has 1 fully saturated rings. The summed E-state index contributed by atoms with van der Waals surface area (Å²) in [6.07, 6.45) is 4.53. The van der Waals surface area contributed by atoms with Gasteiger partial charge in [-0.05, 0) is 50.3 Å². The van der Waals surface area contributed by atoms with Gasteiger partial charge in [-0.15, -0.1) is 0 Å². The quantitative estimate of drug-likeness (QED) is 0.484. The Labute approximate surface area is 178 Å². The van der Waals surface area contributed by atoms with Gasteiger partial charge in [-0.25, -0.2) is 17.9 Å². The molecular formula is C21H32N2O6S. The normalized spacial score (nSPS) is 15.0. The smallest absolute Gasteiger partial charge is 0.338 e. The second-order valence-electron chi connectivity index (χ2n) is 8.13. The Morgan fingerprint density at radius 2 is 1.87 bits per heavy atom. The average molecular weight is 441 g/mol. The zero-order valence-electron chi connectivity index (χ0n) is 18.1. The van der Waals surface area contributed by atoms with E-state index in [1.807, 2.05) is 6.92 Å². The van der Waals surface area contributed by atoms with Crippen LogP contribution in [0.15, 0.2) is 23.1 Å². The maximum Gasteiger partial charge on any atom is 0.338 e. The highest BCUT2D eigenvalue weighted by atomic mass is 32.2. The Balaban J connectivity index is 1.93. The van der Waals surface area contributed by atoms with Crippen molar-refractivity contribution in [3.8, 4) is 5.75 Å². The second-order valence-corrected chi connectivity index (χ2v) is 9.81. The van der Waals surface area contributed by atoms with Gasteiger partial charge >= 0.3 is 5.97 Å². The van der Waals surface area contributed by atoms with Crippen LogP contribution in [0.4, 0.5) is 0 Å². The van der Waals surface area contributed by atoms with Gasteiger partial charge in [0.1, 0.15) is 10.6 Å². The Bertz CT molecular complexity index is 849. The van der Waals surface area contributed by atoms with Gasteiger partial charge in [0.25, 0.3) is 5.91 Å². The summed E-state index contributed by atoms with van der Waals surface area (Å²) in [7, 11) is -2.46. The summed E-state index contributed by atoms with van der Waals surface area (Å²) in [5, 5.41) is 2.80. The minimum Gasteiger partial charge on any atom is -0.495 e. The van der Waals surface area contributed by atoms with Gasteiger partial charge in [-0.3, -0.25) is 4.79 Å². The van der Waals surface area contributed by atoms with Gasteiger partial charge in [0, 0.05) is 12.1 Å². The number of hydrogen-bond acceptors (Lipinski definition) is 6. The number of hydrogen-bond donors (Lipinski definition) is 2. The molecule has 168 valence electrons. The third-order valence-electron chi connectivity index (χ3n) is 4.75. The molecule has 1 unspecified atom stereocenters. The summed E-state index contributed by atoms with van der Waals surface area (Å²) < 4.78 is 37.8. The molecule has 0 aromatic heterocycles. The van der Waals surface area contributed by atoms with Crippen LogP contribution in [0.2, 0.25) is 0 Å². The van der Waals surface area contributed by atoms with E-state index in [2.05, 4.69) is 23.9 Å². The highest BCUT2D eigenvalue weighted by Gasteiger charge is 2.30. The van der Waals surface area contributed by atoms with Crippen molar-refractivity contribution < 1.29 is 27.5 Å². The topological polar surface area (TPSA) is 111 Å². The molecule has 1 aliphatic rings. The van der Waals surface area contributed by atoms with Gasteiger partial charge in [0.15, 0.2) is 6.61 Å². The number of benzene rings is 1. The molecule has 1 aliphatic carbocycles. The standard InChI is InChI=1S/C21H32N2O6S/c1-14(2)6-5-7-15(3)22-20(24)13-29-21(25)16-8-11-18(28-4)19(12-16)30(26,27)23-17-9-10-17/h8,11-12,14-15,17,23H,5-7,9-10,13H2,1-4H3,(H,22,24). The molecule has 0 spiro atoms. The zero-order valence-corrected chi connectivity index (χ0v) is 18.9. The van der Waals surface area contributed by atoms with Crippen LogP contribution in [-0.4, -0.2) is 46.1 Å². The van der Waals surface area contributed by atoms with Crippen LogP contribution in [0.25, 0.3) is 0 Å². The molecule has 8 nitrogen and oxygen atoms in total. The van der Waals surface area contributed by atoms with Crippen molar-refractivity contribution in [3.05, 3.63) is 23.8 Å². The minimum atomic E-state index is -3.82. The van der Waals surface area contributed by atoms with Crippen LogP contribution in [0.3, 0.4) is 0 Å². The van der Waals surface area contributed by atoms with Crippen LogP contribution in [-0.2, 0) is 19.6 Å². The number of ether oxygens (including phenoxy) is 2. The summed E-state index contributed by atoms with van der Waals surface area (Å²) in [4.78, 5) is 24.2. The van der Waals surface area contributed by atoms with Gasteiger partial charge in [0.2, 0.25) is 10.0 Å². The first kappa shape index (κ1) is 24.1. The van der Waals surface area contributed by atoms with Crippen molar-refractivity contribution >= 4 is 21.9 Å². The Kier molecular flexibility index (Phi) is 8.66. The lowest BCUT2D eigenvalue weighted by Gasteiger charge is -2.15. The fourth-order valence-corrected chi connectivity index (χ4v) is 4.43. The fourth-order valence-electron chi connectivity index (χ4n) is 2.93. The van der Waals surface area contributed by atoms with Crippen LogP contribution in [0.5, 0.6) is 5.75 Å². The molecule has 0 saturated heterocycles. The molecule has 1 aromatic carbocycles. The maximum atomic E-state index is 12.5. The number of rotatable bonds is 12. The zero-order chi connectivity index (χ0) is 22.3. The van der Waals surface area contributed by atoms with Crippen molar-refractivity contribution in [3.63, 3.8) is 0 Å². The summed E-state index contributed by atoms with van der Waals surface area (Å²) in [5.41, 5.74) is 0.0322. The molecular weight excluding hydrogens is 408 g/mol. The van der Waals surface area contributed by atoms with E-state index < -0.39 is 28.5 Å². The summed E-state index contributed by atoms with van der Waals surface area (Å²) in [6.45, 7) is 5.79. The Hall–Kier alpha value is -2.13. The van der Waals surface area contributed by atoms with Gasteiger partial charge in [-0.1, -0.05) is 26.7 Å². The molecule has 30 heavy (non-hydrogen) atoms. The predicted octanol–water partition coefficient (Wildman–Crippen LogP) is 2.62. The van der Waals surface area contributed by atoms with E-state index in [0.717, 1.165) is 32.1 Å². The molecule has 0 heterocycles. The lowest BCUT2D eigenvalue weighted by molar-refractivity contribution is -0.124. The first-order valence-electron chi connectivity index (χ1n) is 10.3. The number of nitrogens with one attached hydrogen (secondary N) is 2. The van der Waals surface area contributed by atoms with Crippen LogP contribution >= 0.6 is 0 Å². The van der Waals surface area contributed by atoms with E-state index in [1.165, 1.54) is 25.3 Å². The lowest BCUT2D eigenvalue weighted by atomic mass is 10.0. The highest BCUT2D eigenvalue weighted by molar-refractivity contribution is 7.89. The number of amides is 1. The molecule has 0 radical (unpaired) electrons. The summed E-state index contributed by atoms with van der Waals surface area (Å²) in [5.74, 6) is -0.417. The van der Waals surface area contributed by atoms with Crippen molar-refractivity contribution in [2.45, 2.75) is 69.9 Å². The summed E-state index contributed by atoms with van der Waals surface area (Å²) >= 11 is 0. The third kappa shape index (κ3) is 7.60. The minimum absolute atomic E-state index is 0.0128. The number of methoxy groups -OCH3 is 1. The SMILES string of the molecule is COc1ccc(C(=O)OCC(=O)NC(C)CCCC(C)C)cc1S(=O)(=O)NC1CC1. The second kappa shape index (κ2) is 10.8. The largest absolute Gasteiger partial charge is 0.495 e. The predicted molar refractivity (Wildman–Crippen MR) is 113 cm³/mol. The Morgan fingerprint density at radius 1 is 1.17 bits per heavy atom. The number of sulfonamides is 1. The number of carbonyl (C=O) groups is 2. The third-order valence-corrected chi connectivity index (χ3v) is 6.29. The van der Waals surface area contributed by atoms with E-state index in [4.69, 9.17) is 9.47 Å². The molecule has 1 amide bonds. The van der Waals surface area contributed by atoms with E-state index in [-0.39, 0.29) is 28.3 Å². The Morgan fingerprint density at radius 3 is 2.47 bits per heavy atom. The van der Waals surface area contributed by atoms with Crippen molar-refractivity contribution in [2.75, 3.05) is 13.7 Å². The van der Waals surface area contributed by atoms with Crippen molar-refractivity contribution in [1.29, 1.82) is 0 Å². The molecule has 1 aromatic rings. The number of carbonyl (C=O) groups excluding carboxylic acids is 2. The van der Waals surface area contributed by atoms with Crippen LogP contribution in [0.1, 0.15) is 63.2 Å². The van der Waals surface area contributed by atoms with E-state index >= 15 is 0 Å². The molecule has 2 N–H and O–H groups in total. The molecule has 9 heteroatoms. The molecule has 0 bridgehead atoms. The van der Waals surface area contributed by atoms with E-state index in [0.29, 0.717) is 5.92 Å². The van der Waals surface area contributed by atoms with Crippen molar-refractivity contribution in [2.24, 2.45) is 5.92 Å². The first-order chi connectivity index (χ1) is 14.1. The van der Waals surface area contributed by atoms with Crippen molar-refractivity contribution in [1.82, 2.24) is 10.0 Å². The van der Waals surface area contributed by atoms with Gasteiger partial charge < -0.3 is 14.8 Å². The van der Waals surface area contributed by atoms with Gasteiger partial charge in [-0.2, -0.15) is 0 Å². The summed E-state index contributed by atoms with van der Waals surface area (Å²) in [6, 6.07) is 3.92. The average Bonchev–Trinajstić information content (AvgIpc) is 3.48. The fraction of sp³-hybridized carbons (Fsp3) is 0.619. The maximum absolute atomic E-state index is 12.5. The molecule has 1 atom stereocenters. The van der Waals surface area contributed by atoms with Crippen LogP contribution in [0, 0.1) is 5.92 Å². The monoisotopic (exact) mass is 440 g/mol. The first-order valence-corrected chi connectivity index (χ1v) is 11.8. The molecule has 0 aliphatic heterocycles. The number of esters is 1. The molecule has 2 rings (SSSR count). The highest BCUT2D eigenvalue weighted by Crippen LogP contribution is 2.28. The lowest BCUT2D eigenvalue weighted by Crippen LogP contribution is -2.35. The van der Waals surface area contributed by atoms with Gasteiger partial charge in [0.05, 0.1) is 12.7 Å². The molecule has 1 saturated carbocycles. The van der Waals surface area contributed by atoms with E-state index in [9.17, 15) is 18.0 Å². The van der Waals surface area contributed by atoms with Crippen LogP contribution < -0.4 is 14.8 Å². The van der Waals surface area contributed by atoms with E-state index in [1.54, 1.807) is 0 Å².